The van der Waals surface area contributed by atoms with E-state index in [4.69, 9.17) is 0 Å². The normalized spacial score (nSPS) is 16.6. The Morgan fingerprint density at radius 3 is 1.50 bits per heavy atom. The zero-order valence-electron chi connectivity index (χ0n) is 36.3. The summed E-state index contributed by atoms with van der Waals surface area (Å²) in [5.74, 6) is 0. The highest BCUT2D eigenvalue weighted by Crippen LogP contribution is 2.63. The van der Waals surface area contributed by atoms with Gasteiger partial charge in [-0.05, 0) is 95.9 Å². The lowest BCUT2D eigenvalue weighted by molar-refractivity contribution is 0.396. The summed E-state index contributed by atoms with van der Waals surface area (Å²) in [5, 5.41) is 2.76. The molecule has 4 aromatic rings. The molecule has 3 aliphatic rings. The van der Waals surface area contributed by atoms with Gasteiger partial charge in [-0.3, -0.25) is 0 Å². The maximum atomic E-state index is 2.76. The Kier molecular flexibility index (Phi) is 11.9. The van der Waals surface area contributed by atoms with Crippen LogP contribution in [-0.2, 0) is 21.7 Å². The molecule has 0 aromatic heterocycles. The second kappa shape index (κ2) is 16.5. The predicted octanol–water partition coefficient (Wildman–Crippen LogP) is 14.4. The second-order valence-corrected chi connectivity index (χ2v) is 19.6. The van der Waals surface area contributed by atoms with Gasteiger partial charge >= 0.3 is 0 Å². The van der Waals surface area contributed by atoms with Crippen molar-refractivity contribution in [2.75, 3.05) is 0 Å². The fraction of sp³-hybridized carbons (Fsp3) is 0.464. The van der Waals surface area contributed by atoms with Crippen LogP contribution < -0.4 is 10.4 Å². The summed E-state index contributed by atoms with van der Waals surface area (Å²) < 4.78 is 0. The topological polar surface area (TPSA) is 0 Å². The highest BCUT2D eigenvalue weighted by molar-refractivity contribution is 6.06. The van der Waals surface area contributed by atoms with Crippen molar-refractivity contribution < 1.29 is 0 Å². The Hall–Kier alpha value is -3.90. The predicted molar refractivity (Wildman–Crippen MR) is 244 cm³/mol. The van der Waals surface area contributed by atoms with Gasteiger partial charge in [-0.1, -0.05) is 236 Å². The van der Waals surface area contributed by atoms with Crippen molar-refractivity contribution in [2.45, 2.75) is 167 Å². The second-order valence-electron chi connectivity index (χ2n) is 19.6. The SMILES string of the molecule is CCCCCCCCC1(CCCCCCCC)C2=C3C=c4ccccc4=C3C(c3ccc(C(C)(C)C)cc3)(c3ccc(C(C)(C)C)cc3)C=C2c2ccccc21. The molecule has 0 amide bonds. The quantitative estimate of drug-likeness (QED) is 0.100. The van der Waals surface area contributed by atoms with E-state index in [1.54, 1.807) is 11.1 Å². The molecule has 0 saturated carbocycles. The molecule has 0 N–H and O–H groups in total. The molecule has 56 heavy (non-hydrogen) atoms. The highest BCUT2D eigenvalue weighted by atomic mass is 14.5. The molecule has 0 atom stereocenters. The molecule has 0 heterocycles. The first-order valence-corrected chi connectivity index (χ1v) is 22.6. The molecule has 0 heteroatoms. The number of fused-ring (bicyclic) bond motifs is 5. The van der Waals surface area contributed by atoms with Crippen LogP contribution in [0.2, 0.25) is 0 Å². The minimum absolute atomic E-state index is 0.00934. The van der Waals surface area contributed by atoms with Crippen LogP contribution in [0.15, 0.2) is 114 Å². The minimum Gasteiger partial charge on any atom is -0.0654 e. The molecule has 0 spiro atoms. The van der Waals surface area contributed by atoms with Gasteiger partial charge in [-0.25, -0.2) is 0 Å². The molecule has 7 rings (SSSR count). The van der Waals surface area contributed by atoms with Crippen LogP contribution in [0.3, 0.4) is 0 Å². The van der Waals surface area contributed by atoms with E-state index >= 15 is 0 Å². The van der Waals surface area contributed by atoms with E-state index in [0.29, 0.717) is 0 Å². The Morgan fingerprint density at radius 2 is 0.964 bits per heavy atom. The molecule has 0 unspecified atom stereocenters. The van der Waals surface area contributed by atoms with Crippen molar-refractivity contribution in [3.63, 3.8) is 0 Å². The fourth-order valence-corrected chi connectivity index (χ4v) is 10.5. The Balaban J connectivity index is 1.50. The van der Waals surface area contributed by atoms with Crippen molar-refractivity contribution in [1.29, 1.82) is 0 Å². The molecule has 0 saturated heterocycles. The van der Waals surface area contributed by atoms with Crippen molar-refractivity contribution in [1.82, 2.24) is 0 Å². The highest BCUT2D eigenvalue weighted by Gasteiger charge is 2.52. The van der Waals surface area contributed by atoms with E-state index in [-0.39, 0.29) is 16.2 Å². The van der Waals surface area contributed by atoms with Gasteiger partial charge in [0, 0.05) is 5.41 Å². The lowest BCUT2D eigenvalue weighted by atomic mass is 9.59. The largest absolute Gasteiger partial charge is 0.0654 e. The van der Waals surface area contributed by atoms with Gasteiger partial charge in [0.15, 0.2) is 0 Å². The number of unbranched alkanes of at least 4 members (excludes halogenated alkanes) is 10. The fourth-order valence-electron chi connectivity index (χ4n) is 10.5. The molecule has 0 bridgehead atoms. The first-order chi connectivity index (χ1) is 27.0. The maximum Gasteiger partial charge on any atom is 0.0653 e. The van der Waals surface area contributed by atoms with Gasteiger partial charge in [-0.2, -0.15) is 0 Å². The third-order valence-electron chi connectivity index (χ3n) is 13.6. The summed E-state index contributed by atoms with van der Waals surface area (Å²) in [7, 11) is 0. The number of hydrogen-bond donors (Lipinski definition) is 0. The number of benzene rings is 4. The molecular weight excluding hydrogens is 673 g/mol. The molecule has 3 aliphatic carbocycles. The third-order valence-corrected chi connectivity index (χ3v) is 13.6. The Bertz CT molecular complexity index is 2090. The van der Waals surface area contributed by atoms with Gasteiger partial charge in [0.25, 0.3) is 0 Å². The number of allylic oxidation sites excluding steroid dienone is 4. The van der Waals surface area contributed by atoms with Gasteiger partial charge in [0.05, 0.1) is 5.41 Å². The minimum atomic E-state index is -0.451. The summed E-state index contributed by atoms with van der Waals surface area (Å²) in [4.78, 5) is 0. The molecule has 294 valence electrons. The Morgan fingerprint density at radius 1 is 0.482 bits per heavy atom. The summed E-state index contributed by atoms with van der Waals surface area (Å²) in [5.41, 5.74) is 14.4. The van der Waals surface area contributed by atoms with Crippen LogP contribution >= 0.6 is 0 Å². The van der Waals surface area contributed by atoms with Crippen LogP contribution in [0.4, 0.5) is 0 Å². The maximum absolute atomic E-state index is 2.76. The summed E-state index contributed by atoms with van der Waals surface area (Å²) >= 11 is 0. The van der Waals surface area contributed by atoms with E-state index in [2.05, 4.69) is 165 Å². The lowest BCUT2D eigenvalue weighted by Gasteiger charge is -2.43. The van der Waals surface area contributed by atoms with Crippen LogP contribution in [0.25, 0.3) is 17.2 Å². The van der Waals surface area contributed by atoms with E-state index in [1.165, 1.54) is 145 Å². The van der Waals surface area contributed by atoms with Gasteiger partial charge < -0.3 is 0 Å². The smallest absolute Gasteiger partial charge is 0.0653 e. The molecule has 4 aromatic carbocycles. The standard InChI is InChI=1S/C56H70/c1-9-11-13-15-17-23-37-55(38-24-18-16-14-12-10-2)50-28-22-21-27-47(50)49-40-56(44-33-29-42(30-34-44)53(3,4)5,45-35-31-43(32-36-45)54(6,7)8)52-46-26-20-19-25-41(46)39-48(52)51(49)55/h19-22,25-36,39-40H,9-18,23-24,37-38H2,1-8H3. The van der Waals surface area contributed by atoms with Crippen molar-refractivity contribution >= 4 is 17.2 Å². The third kappa shape index (κ3) is 7.48. The lowest BCUT2D eigenvalue weighted by Crippen LogP contribution is -2.37. The zero-order valence-corrected chi connectivity index (χ0v) is 36.3. The van der Waals surface area contributed by atoms with E-state index in [1.807, 2.05) is 0 Å². The van der Waals surface area contributed by atoms with Crippen LogP contribution in [0.5, 0.6) is 0 Å². The molecule has 0 nitrogen and oxygen atoms in total. The average Bonchev–Trinajstić information content (AvgIpc) is 3.71. The monoisotopic (exact) mass is 743 g/mol. The molecule has 0 fully saturated rings. The van der Waals surface area contributed by atoms with Crippen molar-refractivity contribution in [2.24, 2.45) is 0 Å². The number of hydrogen-bond acceptors (Lipinski definition) is 0. The van der Waals surface area contributed by atoms with E-state index in [9.17, 15) is 0 Å². The summed E-state index contributed by atoms with van der Waals surface area (Å²) in [6.45, 7) is 18.7. The summed E-state index contributed by atoms with van der Waals surface area (Å²) in [6.07, 6.45) is 23.8. The number of rotatable bonds is 16. The molecule has 0 radical (unpaired) electrons. The zero-order chi connectivity index (χ0) is 39.6. The van der Waals surface area contributed by atoms with Crippen LogP contribution in [0.1, 0.15) is 179 Å². The van der Waals surface area contributed by atoms with E-state index < -0.39 is 5.41 Å². The van der Waals surface area contributed by atoms with Gasteiger partial charge in [0.2, 0.25) is 0 Å². The summed E-state index contributed by atoms with van der Waals surface area (Å²) in [6, 6.07) is 38.4. The van der Waals surface area contributed by atoms with Gasteiger partial charge in [-0.15, -0.1) is 0 Å². The molecular formula is C56H70. The first kappa shape index (κ1) is 40.3. The van der Waals surface area contributed by atoms with Crippen molar-refractivity contribution in [3.8, 4) is 0 Å². The van der Waals surface area contributed by atoms with E-state index in [0.717, 1.165) is 0 Å². The van der Waals surface area contributed by atoms with Crippen LogP contribution in [-0.4, -0.2) is 0 Å². The van der Waals surface area contributed by atoms with Gasteiger partial charge in [0.1, 0.15) is 0 Å². The molecule has 0 aliphatic heterocycles. The van der Waals surface area contributed by atoms with Crippen molar-refractivity contribution in [3.05, 3.63) is 158 Å². The van der Waals surface area contributed by atoms with Crippen LogP contribution in [0, 0.1) is 0 Å². The average molecular weight is 743 g/mol. The first-order valence-electron chi connectivity index (χ1n) is 22.6. The Labute approximate surface area is 341 Å².